The Labute approximate surface area is 180 Å². The van der Waals surface area contributed by atoms with Gasteiger partial charge in [0.2, 0.25) is 17.6 Å². The summed E-state index contributed by atoms with van der Waals surface area (Å²) in [6, 6.07) is 5.50. The van der Waals surface area contributed by atoms with Crippen LogP contribution in [0.1, 0.15) is 36.0 Å². The molecular weight excluding hydrogens is 398 g/mol. The molecule has 0 N–H and O–H groups in total. The number of carbonyl (C=O) groups excluding carboxylic acids is 1. The monoisotopic (exact) mass is 423 g/mol. The number of rotatable bonds is 6. The van der Waals surface area contributed by atoms with Crippen LogP contribution >= 0.6 is 0 Å². The van der Waals surface area contributed by atoms with Crippen molar-refractivity contribution in [1.82, 2.24) is 25.0 Å². The molecule has 1 amide bonds. The smallest absolute Gasteiger partial charge is 0.230 e. The van der Waals surface area contributed by atoms with Gasteiger partial charge in [-0.1, -0.05) is 5.16 Å². The Bertz CT molecular complexity index is 1060. The average molecular weight is 423 g/mol. The fraction of sp³-hybridized carbons (Fsp3) is 0.409. The minimum atomic E-state index is 0.0647. The molecule has 1 fully saturated rings. The van der Waals surface area contributed by atoms with Gasteiger partial charge in [0.1, 0.15) is 0 Å². The topological polar surface area (TPSA) is 103 Å². The maximum absolute atomic E-state index is 12.6. The molecule has 1 aliphatic heterocycles. The van der Waals surface area contributed by atoms with Crippen molar-refractivity contribution in [2.45, 2.75) is 32.1 Å². The third-order valence-electron chi connectivity index (χ3n) is 5.42. The predicted octanol–water partition coefficient (Wildman–Crippen LogP) is 2.80. The fourth-order valence-corrected chi connectivity index (χ4v) is 3.74. The van der Waals surface area contributed by atoms with Crippen molar-refractivity contribution >= 4 is 5.91 Å². The Kier molecular flexibility index (Phi) is 6.11. The van der Waals surface area contributed by atoms with E-state index in [1.165, 1.54) is 0 Å². The van der Waals surface area contributed by atoms with Crippen LogP contribution in [0.5, 0.6) is 11.5 Å². The Balaban J connectivity index is 1.37. The summed E-state index contributed by atoms with van der Waals surface area (Å²) in [5.41, 5.74) is 2.30. The van der Waals surface area contributed by atoms with Crippen molar-refractivity contribution in [3.05, 3.63) is 47.9 Å². The molecule has 4 rings (SSSR count). The lowest BCUT2D eigenvalue weighted by atomic mass is 9.96. The number of carbonyl (C=O) groups is 1. The molecule has 0 bridgehead atoms. The summed E-state index contributed by atoms with van der Waals surface area (Å²) in [7, 11) is 3.18. The third kappa shape index (κ3) is 4.65. The summed E-state index contributed by atoms with van der Waals surface area (Å²) in [6.07, 6.45) is 5.15. The number of aromatic nitrogens is 4. The molecule has 2 aromatic heterocycles. The minimum Gasteiger partial charge on any atom is -0.493 e. The lowest BCUT2D eigenvalue weighted by molar-refractivity contribution is -0.131. The highest BCUT2D eigenvalue weighted by Gasteiger charge is 2.28. The quantitative estimate of drug-likeness (QED) is 0.596. The molecule has 0 radical (unpaired) electrons. The number of likely N-dealkylation sites (tertiary alicyclic amines) is 1. The molecule has 9 nitrogen and oxygen atoms in total. The van der Waals surface area contributed by atoms with Crippen molar-refractivity contribution in [2.24, 2.45) is 0 Å². The van der Waals surface area contributed by atoms with Gasteiger partial charge in [0.05, 0.1) is 32.0 Å². The van der Waals surface area contributed by atoms with Crippen LogP contribution in [-0.4, -0.2) is 58.2 Å². The van der Waals surface area contributed by atoms with Crippen LogP contribution in [0.2, 0.25) is 0 Å². The SMILES string of the molecule is COc1ccc(-c2noc(C3CCN(C(=O)Cc4cncc(C)n4)CC3)n2)cc1OC. The lowest BCUT2D eigenvalue weighted by Crippen LogP contribution is -2.39. The summed E-state index contributed by atoms with van der Waals surface area (Å²) >= 11 is 0. The zero-order valence-corrected chi connectivity index (χ0v) is 17.9. The van der Waals surface area contributed by atoms with Gasteiger partial charge in [-0.3, -0.25) is 14.8 Å². The normalized spacial score (nSPS) is 14.5. The number of benzene rings is 1. The second-order valence-electron chi connectivity index (χ2n) is 7.51. The number of hydrogen-bond donors (Lipinski definition) is 0. The molecule has 162 valence electrons. The zero-order chi connectivity index (χ0) is 21.8. The van der Waals surface area contributed by atoms with Gasteiger partial charge in [-0.05, 0) is 38.0 Å². The van der Waals surface area contributed by atoms with Crippen molar-refractivity contribution in [3.8, 4) is 22.9 Å². The highest BCUT2D eigenvalue weighted by molar-refractivity contribution is 5.78. The Morgan fingerprint density at radius 3 is 2.61 bits per heavy atom. The van der Waals surface area contributed by atoms with E-state index in [0.717, 1.165) is 24.1 Å². The molecule has 3 aromatic rings. The summed E-state index contributed by atoms with van der Waals surface area (Å²) in [5, 5.41) is 4.13. The van der Waals surface area contributed by atoms with E-state index in [1.807, 2.05) is 30.0 Å². The van der Waals surface area contributed by atoms with Gasteiger partial charge in [-0.2, -0.15) is 4.98 Å². The molecule has 9 heteroatoms. The molecule has 31 heavy (non-hydrogen) atoms. The van der Waals surface area contributed by atoms with E-state index in [-0.39, 0.29) is 18.2 Å². The molecule has 0 saturated carbocycles. The molecule has 0 spiro atoms. The summed E-state index contributed by atoms with van der Waals surface area (Å²) in [5.74, 6) is 2.55. The Morgan fingerprint density at radius 2 is 1.90 bits per heavy atom. The first-order valence-corrected chi connectivity index (χ1v) is 10.2. The van der Waals surface area contributed by atoms with Crippen LogP contribution in [0.4, 0.5) is 0 Å². The van der Waals surface area contributed by atoms with Crippen LogP contribution in [0.3, 0.4) is 0 Å². The van der Waals surface area contributed by atoms with Crippen LogP contribution in [0.15, 0.2) is 35.1 Å². The van der Waals surface area contributed by atoms with Crippen LogP contribution < -0.4 is 9.47 Å². The van der Waals surface area contributed by atoms with Gasteiger partial charge in [0.15, 0.2) is 11.5 Å². The van der Waals surface area contributed by atoms with E-state index >= 15 is 0 Å². The highest BCUT2D eigenvalue weighted by atomic mass is 16.5. The molecule has 1 saturated heterocycles. The minimum absolute atomic E-state index is 0.0647. The molecule has 3 heterocycles. The van der Waals surface area contributed by atoms with Gasteiger partial charge in [0.25, 0.3) is 0 Å². The number of ether oxygens (including phenoxy) is 2. The standard InChI is InChI=1S/C22H25N5O4/c1-14-12-23-13-17(24-14)11-20(28)27-8-6-15(7-9-27)22-25-21(26-31-22)16-4-5-18(29-2)19(10-16)30-3/h4-5,10,12-13,15H,6-9,11H2,1-3H3. The summed E-state index contributed by atoms with van der Waals surface area (Å²) in [4.78, 5) is 27.5. The second-order valence-corrected chi connectivity index (χ2v) is 7.51. The first-order chi connectivity index (χ1) is 15.1. The molecule has 0 unspecified atom stereocenters. The van der Waals surface area contributed by atoms with E-state index in [9.17, 15) is 4.79 Å². The molecule has 0 aliphatic carbocycles. The fourth-order valence-electron chi connectivity index (χ4n) is 3.74. The Hall–Kier alpha value is -3.49. The predicted molar refractivity (Wildman–Crippen MR) is 112 cm³/mol. The number of amides is 1. The maximum Gasteiger partial charge on any atom is 0.230 e. The van der Waals surface area contributed by atoms with Gasteiger partial charge in [-0.15, -0.1) is 0 Å². The largest absolute Gasteiger partial charge is 0.493 e. The maximum atomic E-state index is 12.6. The first-order valence-electron chi connectivity index (χ1n) is 10.2. The van der Waals surface area contributed by atoms with Crippen molar-refractivity contribution in [1.29, 1.82) is 0 Å². The van der Waals surface area contributed by atoms with E-state index in [0.29, 0.717) is 42.0 Å². The Morgan fingerprint density at radius 1 is 1.13 bits per heavy atom. The van der Waals surface area contributed by atoms with E-state index in [2.05, 4.69) is 20.1 Å². The number of aryl methyl sites for hydroxylation is 1. The third-order valence-corrected chi connectivity index (χ3v) is 5.42. The summed E-state index contributed by atoms with van der Waals surface area (Å²) in [6.45, 7) is 3.17. The highest BCUT2D eigenvalue weighted by Crippen LogP contribution is 2.33. The van der Waals surface area contributed by atoms with E-state index in [4.69, 9.17) is 14.0 Å². The van der Waals surface area contributed by atoms with Crippen molar-refractivity contribution in [3.63, 3.8) is 0 Å². The van der Waals surface area contributed by atoms with E-state index in [1.54, 1.807) is 26.6 Å². The molecule has 1 aliphatic rings. The number of piperidine rings is 1. The van der Waals surface area contributed by atoms with E-state index < -0.39 is 0 Å². The molecule has 0 atom stereocenters. The molecule has 1 aromatic carbocycles. The number of nitrogens with zero attached hydrogens (tertiary/aromatic N) is 5. The number of hydrogen-bond acceptors (Lipinski definition) is 8. The van der Waals surface area contributed by atoms with Crippen LogP contribution in [0, 0.1) is 6.92 Å². The van der Waals surface area contributed by atoms with Crippen LogP contribution in [0.25, 0.3) is 11.4 Å². The van der Waals surface area contributed by atoms with Gasteiger partial charge in [0, 0.05) is 37.0 Å². The first kappa shape index (κ1) is 20.8. The van der Waals surface area contributed by atoms with Crippen molar-refractivity contribution in [2.75, 3.05) is 27.3 Å². The van der Waals surface area contributed by atoms with Gasteiger partial charge in [-0.25, -0.2) is 0 Å². The second kappa shape index (κ2) is 9.11. The van der Waals surface area contributed by atoms with Gasteiger partial charge < -0.3 is 18.9 Å². The van der Waals surface area contributed by atoms with Crippen LogP contribution in [-0.2, 0) is 11.2 Å². The van der Waals surface area contributed by atoms with Gasteiger partial charge >= 0.3 is 0 Å². The molecular formula is C22H25N5O4. The number of methoxy groups -OCH3 is 2. The van der Waals surface area contributed by atoms with Crippen molar-refractivity contribution < 1.29 is 18.8 Å². The average Bonchev–Trinajstić information content (AvgIpc) is 3.29. The zero-order valence-electron chi connectivity index (χ0n) is 17.9. The summed E-state index contributed by atoms with van der Waals surface area (Å²) < 4.78 is 16.2. The lowest BCUT2D eigenvalue weighted by Gasteiger charge is -2.30.